The molecule has 0 radical (unpaired) electrons. The highest BCUT2D eigenvalue weighted by atomic mass is 79.9. The van der Waals surface area contributed by atoms with Crippen LogP contribution in [0.1, 0.15) is 16.1 Å². The van der Waals surface area contributed by atoms with Crippen LogP contribution in [-0.2, 0) is 7.05 Å². The largest absolute Gasteiger partial charge is 0.305 e. The summed E-state index contributed by atoms with van der Waals surface area (Å²) in [4.78, 5) is 12.3. The van der Waals surface area contributed by atoms with E-state index in [1.54, 1.807) is 34.9 Å². The molecule has 0 aliphatic rings. The van der Waals surface area contributed by atoms with E-state index in [1.807, 2.05) is 31.2 Å². The monoisotopic (exact) mass is 359 g/mol. The van der Waals surface area contributed by atoms with Crippen molar-refractivity contribution in [3.05, 3.63) is 58.5 Å². The predicted molar refractivity (Wildman–Crippen MR) is 87.2 cm³/mol. The second-order valence-electron chi connectivity index (χ2n) is 4.86. The van der Waals surface area contributed by atoms with Gasteiger partial charge in [0.15, 0.2) is 5.82 Å². The maximum atomic E-state index is 12.3. The van der Waals surface area contributed by atoms with Crippen molar-refractivity contribution in [3.8, 4) is 5.69 Å². The van der Waals surface area contributed by atoms with Gasteiger partial charge in [-0.2, -0.15) is 10.2 Å². The highest BCUT2D eigenvalue weighted by Gasteiger charge is 2.16. The molecule has 3 rings (SSSR count). The zero-order valence-electron chi connectivity index (χ0n) is 12.1. The van der Waals surface area contributed by atoms with Crippen molar-refractivity contribution in [2.24, 2.45) is 7.05 Å². The molecule has 1 aromatic carbocycles. The number of benzene rings is 1. The van der Waals surface area contributed by atoms with Crippen molar-refractivity contribution in [2.75, 3.05) is 5.32 Å². The van der Waals surface area contributed by atoms with Crippen molar-refractivity contribution < 1.29 is 4.79 Å². The van der Waals surface area contributed by atoms with Gasteiger partial charge in [0, 0.05) is 23.8 Å². The first-order chi connectivity index (χ1) is 10.5. The molecular formula is C15H14BrN5O. The summed E-state index contributed by atoms with van der Waals surface area (Å²) in [7, 11) is 1.80. The van der Waals surface area contributed by atoms with Gasteiger partial charge < -0.3 is 5.32 Å². The van der Waals surface area contributed by atoms with E-state index in [0.717, 1.165) is 15.9 Å². The molecule has 0 spiro atoms. The first-order valence-corrected chi connectivity index (χ1v) is 7.45. The summed E-state index contributed by atoms with van der Waals surface area (Å²) in [5.41, 5.74) is 2.18. The third kappa shape index (κ3) is 2.80. The Bertz CT molecular complexity index is 836. The Morgan fingerprint density at radius 3 is 2.82 bits per heavy atom. The zero-order valence-corrected chi connectivity index (χ0v) is 13.7. The summed E-state index contributed by atoms with van der Waals surface area (Å²) in [6.07, 6.45) is 3.34. The summed E-state index contributed by atoms with van der Waals surface area (Å²) in [6.45, 7) is 1.86. The molecule has 0 aliphatic carbocycles. The molecule has 3 aromatic rings. The van der Waals surface area contributed by atoms with Crippen LogP contribution in [0, 0.1) is 6.92 Å². The number of hydrogen-bond donors (Lipinski definition) is 1. The molecule has 0 atom stereocenters. The van der Waals surface area contributed by atoms with Gasteiger partial charge in [0.2, 0.25) is 0 Å². The number of hydrogen-bond acceptors (Lipinski definition) is 3. The summed E-state index contributed by atoms with van der Waals surface area (Å²) < 4.78 is 4.32. The molecule has 6 nitrogen and oxygen atoms in total. The number of aryl methyl sites for hydroxylation is 1. The van der Waals surface area contributed by atoms with Crippen LogP contribution >= 0.6 is 15.9 Å². The van der Waals surface area contributed by atoms with Gasteiger partial charge in [-0.25, -0.2) is 4.68 Å². The lowest BCUT2D eigenvalue weighted by Gasteiger charge is -2.06. The van der Waals surface area contributed by atoms with Gasteiger partial charge in [-0.1, -0.05) is 22.0 Å². The van der Waals surface area contributed by atoms with E-state index in [1.165, 1.54) is 0 Å². The molecule has 0 fully saturated rings. The van der Waals surface area contributed by atoms with Crippen LogP contribution in [0.2, 0.25) is 0 Å². The molecule has 22 heavy (non-hydrogen) atoms. The molecule has 2 heterocycles. The van der Waals surface area contributed by atoms with Crippen molar-refractivity contribution in [1.29, 1.82) is 0 Å². The van der Waals surface area contributed by atoms with E-state index in [9.17, 15) is 4.79 Å². The van der Waals surface area contributed by atoms with Crippen LogP contribution < -0.4 is 5.32 Å². The molecule has 0 saturated carbocycles. The quantitative estimate of drug-likeness (QED) is 0.781. The first kappa shape index (κ1) is 14.5. The van der Waals surface area contributed by atoms with Gasteiger partial charge in [-0.15, -0.1) is 0 Å². The molecule has 7 heteroatoms. The normalized spacial score (nSPS) is 10.7. The van der Waals surface area contributed by atoms with Crippen molar-refractivity contribution >= 4 is 27.7 Å². The SMILES string of the molecule is Cc1c(C(=O)Nc2ccn(C)n2)cnn1-c1cccc(Br)c1. The van der Waals surface area contributed by atoms with Gasteiger partial charge in [0.05, 0.1) is 23.1 Å². The van der Waals surface area contributed by atoms with E-state index >= 15 is 0 Å². The van der Waals surface area contributed by atoms with E-state index < -0.39 is 0 Å². The number of halogens is 1. The standard InChI is InChI=1S/C15H14BrN5O/c1-10-13(15(22)18-14-6-7-20(2)19-14)9-17-21(10)12-5-3-4-11(16)8-12/h3-9H,1-2H3,(H,18,19,22). The molecule has 112 valence electrons. The predicted octanol–water partition coefficient (Wildman–Crippen LogP) is 2.93. The second-order valence-corrected chi connectivity index (χ2v) is 5.78. The Balaban J connectivity index is 1.88. The minimum absolute atomic E-state index is 0.225. The molecule has 0 bridgehead atoms. The molecule has 2 aromatic heterocycles. The number of nitrogens with zero attached hydrogens (tertiary/aromatic N) is 4. The van der Waals surface area contributed by atoms with Crippen molar-refractivity contribution in [3.63, 3.8) is 0 Å². The zero-order chi connectivity index (χ0) is 15.7. The summed E-state index contributed by atoms with van der Waals surface area (Å²) in [5.74, 6) is 0.291. The average Bonchev–Trinajstić information content (AvgIpc) is 3.05. The number of amides is 1. The number of aromatic nitrogens is 4. The Morgan fingerprint density at radius 1 is 1.32 bits per heavy atom. The Hall–Kier alpha value is -2.41. The highest BCUT2D eigenvalue weighted by molar-refractivity contribution is 9.10. The van der Waals surface area contributed by atoms with Crippen LogP contribution in [0.3, 0.4) is 0 Å². The summed E-state index contributed by atoms with van der Waals surface area (Å²) in [6, 6.07) is 9.49. The van der Waals surface area contributed by atoms with E-state index in [4.69, 9.17) is 0 Å². The molecule has 1 N–H and O–H groups in total. The van der Waals surface area contributed by atoms with Crippen molar-refractivity contribution in [2.45, 2.75) is 6.92 Å². The fourth-order valence-electron chi connectivity index (χ4n) is 2.17. The molecule has 1 amide bonds. The van der Waals surface area contributed by atoms with Crippen LogP contribution in [-0.4, -0.2) is 25.5 Å². The topological polar surface area (TPSA) is 64.7 Å². The van der Waals surface area contributed by atoms with Crippen LogP contribution in [0.4, 0.5) is 5.82 Å². The Morgan fingerprint density at radius 2 is 2.14 bits per heavy atom. The number of carbonyl (C=O) groups excluding carboxylic acids is 1. The fraction of sp³-hybridized carbons (Fsp3) is 0.133. The van der Waals surface area contributed by atoms with Crippen LogP contribution in [0.25, 0.3) is 5.69 Å². The number of rotatable bonds is 3. The number of anilines is 1. The van der Waals surface area contributed by atoms with Crippen molar-refractivity contribution in [1.82, 2.24) is 19.6 Å². The number of carbonyl (C=O) groups is 1. The maximum Gasteiger partial charge on any atom is 0.260 e. The maximum absolute atomic E-state index is 12.3. The smallest absolute Gasteiger partial charge is 0.260 e. The van der Waals surface area contributed by atoms with E-state index in [-0.39, 0.29) is 5.91 Å². The Labute approximate surface area is 135 Å². The summed E-state index contributed by atoms with van der Waals surface area (Å²) in [5, 5.41) is 11.2. The van der Waals surface area contributed by atoms with E-state index in [2.05, 4.69) is 31.4 Å². The molecular weight excluding hydrogens is 346 g/mol. The average molecular weight is 360 g/mol. The van der Waals surface area contributed by atoms with Gasteiger partial charge in [-0.05, 0) is 25.1 Å². The third-order valence-electron chi connectivity index (χ3n) is 3.26. The number of nitrogens with one attached hydrogen (secondary N) is 1. The lowest BCUT2D eigenvalue weighted by Crippen LogP contribution is -2.13. The third-order valence-corrected chi connectivity index (χ3v) is 3.76. The second kappa shape index (κ2) is 5.76. The first-order valence-electron chi connectivity index (χ1n) is 6.66. The van der Waals surface area contributed by atoms with Gasteiger partial charge in [-0.3, -0.25) is 9.48 Å². The Kier molecular flexibility index (Phi) is 3.81. The molecule has 0 saturated heterocycles. The minimum Gasteiger partial charge on any atom is -0.305 e. The van der Waals surface area contributed by atoms with Gasteiger partial charge in [0.25, 0.3) is 5.91 Å². The minimum atomic E-state index is -0.225. The molecule has 0 aliphatic heterocycles. The summed E-state index contributed by atoms with van der Waals surface area (Å²) >= 11 is 3.44. The van der Waals surface area contributed by atoms with Crippen LogP contribution in [0.5, 0.6) is 0 Å². The fourth-order valence-corrected chi connectivity index (χ4v) is 2.55. The van der Waals surface area contributed by atoms with Gasteiger partial charge in [0.1, 0.15) is 0 Å². The highest BCUT2D eigenvalue weighted by Crippen LogP contribution is 2.19. The van der Waals surface area contributed by atoms with Crippen LogP contribution in [0.15, 0.2) is 47.2 Å². The lowest BCUT2D eigenvalue weighted by atomic mass is 10.2. The van der Waals surface area contributed by atoms with Gasteiger partial charge >= 0.3 is 0 Å². The lowest BCUT2D eigenvalue weighted by molar-refractivity contribution is 0.102. The van der Waals surface area contributed by atoms with E-state index in [0.29, 0.717) is 11.4 Å². The molecule has 0 unspecified atom stereocenters.